The number of hydrogen-bond donors (Lipinski definition) is 3. The van der Waals surface area contributed by atoms with E-state index in [1.165, 1.54) is 24.3 Å². The molecule has 0 aliphatic rings. The second-order valence-electron chi connectivity index (χ2n) is 4.27. The number of urea groups is 1. The van der Waals surface area contributed by atoms with Crippen LogP contribution in [-0.4, -0.2) is 14.4 Å². The summed E-state index contributed by atoms with van der Waals surface area (Å²) in [6.07, 6.45) is 3.39. The summed E-state index contributed by atoms with van der Waals surface area (Å²) in [6.45, 7) is 3.98. The van der Waals surface area contributed by atoms with Gasteiger partial charge >= 0.3 is 6.03 Å². The van der Waals surface area contributed by atoms with Gasteiger partial charge in [0.05, 0.1) is 4.90 Å². The highest BCUT2D eigenvalue weighted by Gasteiger charge is 2.07. The molecule has 0 saturated heterocycles. The first-order valence-electron chi connectivity index (χ1n) is 5.66. The van der Waals surface area contributed by atoms with Crippen LogP contribution in [0.4, 0.5) is 10.5 Å². The molecule has 0 heterocycles. The van der Waals surface area contributed by atoms with E-state index in [1.807, 2.05) is 19.9 Å². The lowest BCUT2D eigenvalue weighted by molar-refractivity contribution is 0.255. The number of carbonyl (C=O) groups excluding carboxylic acids is 1. The summed E-state index contributed by atoms with van der Waals surface area (Å²) in [5.74, 6) is 0.342. The number of hydrogen-bond acceptors (Lipinski definition) is 3. The number of amides is 2. The monoisotopic (exact) mass is 283 g/mol. The molecule has 0 aliphatic carbocycles. The molecule has 0 radical (unpaired) electrons. The van der Waals surface area contributed by atoms with Gasteiger partial charge in [0, 0.05) is 11.9 Å². The Morgan fingerprint density at radius 3 is 2.32 bits per heavy atom. The summed E-state index contributed by atoms with van der Waals surface area (Å²) in [7, 11) is -3.71. The van der Waals surface area contributed by atoms with E-state index in [0.717, 1.165) is 0 Å². The fourth-order valence-corrected chi connectivity index (χ4v) is 1.73. The summed E-state index contributed by atoms with van der Waals surface area (Å²) in [5, 5.41) is 10.1. The third-order valence-corrected chi connectivity index (χ3v) is 3.07. The average molecular weight is 283 g/mol. The van der Waals surface area contributed by atoms with Gasteiger partial charge in [-0.2, -0.15) is 0 Å². The van der Waals surface area contributed by atoms with Gasteiger partial charge in [-0.25, -0.2) is 18.4 Å². The number of benzene rings is 1. The first-order chi connectivity index (χ1) is 8.79. The molecule has 7 heteroatoms. The number of sulfonamides is 1. The zero-order valence-electron chi connectivity index (χ0n) is 10.8. The highest BCUT2D eigenvalue weighted by atomic mass is 32.2. The summed E-state index contributed by atoms with van der Waals surface area (Å²) in [5.41, 5.74) is 0.475. The lowest BCUT2D eigenvalue weighted by Gasteiger charge is -2.05. The lowest BCUT2D eigenvalue weighted by atomic mass is 10.2. The molecule has 4 N–H and O–H groups in total. The molecule has 0 unspecified atom stereocenters. The van der Waals surface area contributed by atoms with Crippen molar-refractivity contribution in [3.05, 3.63) is 36.5 Å². The second-order valence-corrected chi connectivity index (χ2v) is 5.83. The van der Waals surface area contributed by atoms with Gasteiger partial charge in [-0.1, -0.05) is 19.9 Å². The number of primary sulfonamides is 1. The zero-order chi connectivity index (χ0) is 14.5. The number of nitrogens with one attached hydrogen (secondary N) is 2. The number of nitrogens with two attached hydrogens (primary N) is 1. The highest BCUT2D eigenvalue weighted by Crippen LogP contribution is 2.12. The summed E-state index contributed by atoms with van der Waals surface area (Å²) < 4.78 is 22.1. The topological polar surface area (TPSA) is 101 Å². The maximum Gasteiger partial charge on any atom is 0.323 e. The molecule has 0 saturated carbocycles. The quantitative estimate of drug-likeness (QED) is 0.782. The fourth-order valence-electron chi connectivity index (χ4n) is 1.21. The normalized spacial score (nSPS) is 11.8. The Morgan fingerprint density at radius 2 is 1.84 bits per heavy atom. The van der Waals surface area contributed by atoms with Crippen molar-refractivity contribution in [3.63, 3.8) is 0 Å². The largest absolute Gasteiger partial charge is 0.323 e. The van der Waals surface area contributed by atoms with Gasteiger partial charge in [-0.15, -0.1) is 0 Å². The smallest absolute Gasteiger partial charge is 0.315 e. The first kappa shape index (κ1) is 15.2. The van der Waals surface area contributed by atoms with Crippen molar-refractivity contribution >= 4 is 21.7 Å². The lowest BCUT2D eigenvalue weighted by Crippen LogP contribution is -2.24. The van der Waals surface area contributed by atoms with Crippen LogP contribution in [0.25, 0.3) is 0 Å². The van der Waals surface area contributed by atoms with Crippen LogP contribution in [0, 0.1) is 5.92 Å². The highest BCUT2D eigenvalue weighted by molar-refractivity contribution is 7.89. The second kappa shape index (κ2) is 6.35. The molecular weight excluding hydrogens is 266 g/mol. The van der Waals surface area contributed by atoms with Gasteiger partial charge in [0.2, 0.25) is 10.0 Å². The van der Waals surface area contributed by atoms with Gasteiger partial charge in [0.1, 0.15) is 0 Å². The predicted octanol–water partition coefficient (Wildman–Crippen LogP) is 1.63. The van der Waals surface area contributed by atoms with Gasteiger partial charge < -0.3 is 10.6 Å². The van der Waals surface area contributed by atoms with Gasteiger partial charge in [0.15, 0.2) is 0 Å². The van der Waals surface area contributed by atoms with Crippen LogP contribution < -0.4 is 15.8 Å². The minimum Gasteiger partial charge on any atom is -0.315 e. The van der Waals surface area contributed by atoms with E-state index in [0.29, 0.717) is 11.6 Å². The maximum absolute atomic E-state index is 11.5. The molecule has 0 fully saturated rings. The van der Waals surface area contributed by atoms with Crippen LogP contribution in [0.2, 0.25) is 0 Å². The predicted molar refractivity (Wildman–Crippen MR) is 73.9 cm³/mol. The number of rotatable bonds is 4. The molecule has 2 amide bonds. The van der Waals surface area contributed by atoms with Crippen LogP contribution in [0.5, 0.6) is 0 Å². The van der Waals surface area contributed by atoms with Crippen molar-refractivity contribution in [3.8, 4) is 0 Å². The molecule has 0 aliphatic heterocycles. The average Bonchev–Trinajstić information content (AvgIpc) is 2.27. The van der Waals surface area contributed by atoms with Crippen LogP contribution in [-0.2, 0) is 10.0 Å². The van der Waals surface area contributed by atoms with E-state index >= 15 is 0 Å². The van der Waals surface area contributed by atoms with Gasteiger partial charge in [-0.05, 0) is 30.2 Å². The Bertz CT molecular complexity index is 562. The third kappa shape index (κ3) is 5.54. The molecule has 0 aromatic heterocycles. The van der Waals surface area contributed by atoms with E-state index in [1.54, 1.807) is 6.20 Å². The number of carbonyl (C=O) groups is 1. The van der Waals surface area contributed by atoms with E-state index in [-0.39, 0.29) is 4.90 Å². The van der Waals surface area contributed by atoms with E-state index in [2.05, 4.69) is 10.6 Å². The molecule has 19 heavy (non-hydrogen) atoms. The molecular formula is C12H17N3O3S. The van der Waals surface area contributed by atoms with Crippen LogP contribution in [0.3, 0.4) is 0 Å². The Labute approximate surface area is 112 Å². The molecule has 1 rings (SSSR count). The Morgan fingerprint density at radius 1 is 1.26 bits per heavy atom. The number of allylic oxidation sites excluding steroid dienone is 1. The molecule has 104 valence electrons. The van der Waals surface area contributed by atoms with Crippen molar-refractivity contribution in [2.75, 3.05) is 5.32 Å². The maximum atomic E-state index is 11.5. The van der Waals surface area contributed by atoms with Crippen molar-refractivity contribution in [1.82, 2.24) is 5.32 Å². The molecule has 1 aromatic rings. The summed E-state index contributed by atoms with van der Waals surface area (Å²) in [4.78, 5) is 11.5. The Balaban J connectivity index is 2.61. The standard InChI is InChI=1S/C12H17N3O3S/c1-9(2)7-8-14-12(16)15-10-3-5-11(6-4-10)19(13,17)18/h3-9H,1-2H3,(H2,13,17,18)(H2,14,15,16)/b8-7+. The van der Waals surface area contributed by atoms with Crippen molar-refractivity contribution in [1.29, 1.82) is 0 Å². The van der Waals surface area contributed by atoms with Crippen molar-refractivity contribution < 1.29 is 13.2 Å². The molecule has 1 aromatic carbocycles. The molecule has 0 bridgehead atoms. The van der Waals surface area contributed by atoms with E-state index in [9.17, 15) is 13.2 Å². The fraction of sp³-hybridized carbons (Fsp3) is 0.250. The van der Waals surface area contributed by atoms with E-state index in [4.69, 9.17) is 5.14 Å². The summed E-state index contributed by atoms with van der Waals surface area (Å²) in [6, 6.07) is 5.18. The van der Waals surface area contributed by atoms with E-state index < -0.39 is 16.1 Å². The Kier molecular flexibility index (Phi) is 5.08. The van der Waals surface area contributed by atoms with Gasteiger partial charge in [-0.3, -0.25) is 0 Å². The van der Waals surface area contributed by atoms with Crippen LogP contribution in [0.15, 0.2) is 41.4 Å². The van der Waals surface area contributed by atoms with Crippen molar-refractivity contribution in [2.45, 2.75) is 18.7 Å². The van der Waals surface area contributed by atoms with Gasteiger partial charge in [0.25, 0.3) is 0 Å². The minimum atomic E-state index is -3.71. The molecule has 0 atom stereocenters. The minimum absolute atomic E-state index is 0.00170. The Hall–Kier alpha value is -1.86. The third-order valence-electron chi connectivity index (χ3n) is 2.14. The van der Waals surface area contributed by atoms with Crippen LogP contribution >= 0.6 is 0 Å². The molecule has 0 spiro atoms. The van der Waals surface area contributed by atoms with Crippen LogP contribution in [0.1, 0.15) is 13.8 Å². The zero-order valence-corrected chi connectivity index (χ0v) is 11.6. The summed E-state index contributed by atoms with van der Waals surface area (Å²) >= 11 is 0. The molecule has 6 nitrogen and oxygen atoms in total. The number of anilines is 1. The van der Waals surface area contributed by atoms with Crippen molar-refractivity contribution in [2.24, 2.45) is 11.1 Å². The first-order valence-corrected chi connectivity index (χ1v) is 7.21. The SMILES string of the molecule is CC(C)/C=C/NC(=O)Nc1ccc(S(N)(=O)=O)cc1.